The highest BCUT2D eigenvalue weighted by Gasteiger charge is 2.18. The molecule has 0 bridgehead atoms. The Morgan fingerprint density at radius 3 is 0.941 bits per heavy atom. The lowest BCUT2D eigenvalue weighted by Gasteiger charge is -2.19. The maximum Gasteiger partial charge on any atom is 0.220 e. The quantitative estimate of drug-likeness (QED) is 0.0420. The Hall–Kier alpha value is -1.91. The number of nitrogens with one attached hydrogen (secondary N) is 1. The van der Waals surface area contributed by atoms with Crippen LogP contribution in [0.15, 0.2) is 60.8 Å². The van der Waals surface area contributed by atoms with E-state index in [2.05, 4.69) is 67.8 Å². The van der Waals surface area contributed by atoms with Crippen LogP contribution in [0.4, 0.5) is 0 Å². The summed E-state index contributed by atoms with van der Waals surface area (Å²) < 4.78 is 0. The fourth-order valence-electron chi connectivity index (χ4n) is 9.30. The molecule has 0 radical (unpaired) electrons. The van der Waals surface area contributed by atoms with Gasteiger partial charge in [-0.1, -0.05) is 299 Å². The molecular weight excluding hydrogens is 831 g/mol. The zero-order chi connectivity index (χ0) is 49.2. The molecule has 2 atom stereocenters. The van der Waals surface area contributed by atoms with Gasteiger partial charge in [0.2, 0.25) is 5.91 Å². The Morgan fingerprint density at radius 2 is 0.618 bits per heavy atom. The Labute approximate surface area is 426 Å². The van der Waals surface area contributed by atoms with Gasteiger partial charge in [0.25, 0.3) is 0 Å². The number of aliphatic hydroxyl groups excluding tert-OH is 2. The van der Waals surface area contributed by atoms with Gasteiger partial charge in [0.1, 0.15) is 0 Å². The molecule has 0 aromatic heterocycles. The number of aliphatic hydroxyl groups is 2. The van der Waals surface area contributed by atoms with E-state index in [4.69, 9.17) is 0 Å². The standard InChI is InChI=1S/C64H119NO3/c1-3-5-7-9-11-13-15-17-19-21-23-25-27-29-31-32-34-35-37-39-41-43-45-47-49-51-53-55-57-59-63(67)62(61-66)65-64(68)60-58-56-54-52-50-48-46-44-42-40-38-36-33-30-28-26-24-22-20-18-16-14-12-10-8-6-4-2/h16,18,22,24,41,43,49,51,57,59,62-63,66-67H,3-15,17,19-21,23,25-40,42,44-48,50,52-56,58,60-61H2,1-2H3,(H,65,68)/b18-16-,24-22-,43-41+,51-49+,59-57+. The maximum atomic E-state index is 12.5. The fourth-order valence-corrected chi connectivity index (χ4v) is 9.30. The van der Waals surface area contributed by atoms with Crippen molar-refractivity contribution in [2.75, 3.05) is 6.61 Å². The average Bonchev–Trinajstić information content (AvgIpc) is 3.34. The first kappa shape index (κ1) is 66.1. The van der Waals surface area contributed by atoms with Gasteiger partial charge in [-0.25, -0.2) is 0 Å². The molecule has 4 nitrogen and oxygen atoms in total. The monoisotopic (exact) mass is 950 g/mol. The SMILES string of the molecule is CCCCCCC/C=C\C/C=C\CCCCCCCCCCCCCCCCCC(=O)NC(CO)C(O)/C=C/CC/C=C/CC/C=C/CCCCCCCCCCCCCCCCCCCCC. The van der Waals surface area contributed by atoms with Crippen LogP contribution in [0.2, 0.25) is 0 Å². The van der Waals surface area contributed by atoms with Crippen molar-refractivity contribution in [1.29, 1.82) is 0 Å². The largest absolute Gasteiger partial charge is 0.394 e. The summed E-state index contributed by atoms with van der Waals surface area (Å²) in [4.78, 5) is 12.5. The molecule has 0 aliphatic heterocycles. The molecule has 0 saturated carbocycles. The average molecular weight is 951 g/mol. The lowest BCUT2D eigenvalue weighted by Crippen LogP contribution is -2.45. The van der Waals surface area contributed by atoms with Crippen molar-refractivity contribution >= 4 is 5.91 Å². The predicted molar refractivity (Wildman–Crippen MR) is 304 cm³/mol. The molecular formula is C64H119NO3. The van der Waals surface area contributed by atoms with Crippen LogP contribution in [0.1, 0.15) is 322 Å². The number of allylic oxidation sites excluding steroid dienone is 9. The molecule has 0 aliphatic carbocycles. The minimum absolute atomic E-state index is 0.0753. The number of rotatable bonds is 56. The van der Waals surface area contributed by atoms with Crippen LogP contribution in [0, 0.1) is 0 Å². The second-order valence-electron chi connectivity index (χ2n) is 20.7. The summed E-state index contributed by atoms with van der Waals surface area (Å²) in [5, 5.41) is 23.2. The van der Waals surface area contributed by atoms with Gasteiger partial charge in [0.15, 0.2) is 0 Å². The van der Waals surface area contributed by atoms with Gasteiger partial charge in [0.05, 0.1) is 18.8 Å². The Morgan fingerprint density at radius 1 is 0.353 bits per heavy atom. The van der Waals surface area contributed by atoms with E-state index in [1.54, 1.807) is 6.08 Å². The number of hydrogen-bond acceptors (Lipinski definition) is 3. The molecule has 1 amide bonds. The first-order chi connectivity index (χ1) is 33.7. The van der Waals surface area contributed by atoms with Crippen molar-refractivity contribution in [1.82, 2.24) is 5.32 Å². The Kier molecular flexibility index (Phi) is 57.7. The summed E-state index contributed by atoms with van der Waals surface area (Å²) >= 11 is 0. The fraction of sp³-hybridized carbons (Fsp3) is 0.828. The maximum absolute atomic E-state index is 12.5. The normalized spacial score (nSPS) is 13.2. The van der Waals surface area contributed by atoms with Crippen LogP contribution >= 0.6 is 0 Å². The van der Waals surface area contributed by atoms with E-state index < -0.39 is 12.1 Å². The molecule has 2 unspecified atom stereocenters. The molecule has 0 heterocycles. The summed E-state index contributed by atoms with van der Waals surface area (Å²) in [5.74, 6) is -0.0753. The number of carbonyl (C=O) groups is 1. The molecule has 0 saturated heterocycles. The highest BCUT2D eigenvalue weighted by Crippen LogP contribution is 2.17. The van der Waals surface area contributed by atoms with E-state index in [1.807, 2.05) is 6.08 Å². The summed E-state index contributed by atoms with van der Waals surface area (Å²) in [6.45, 7) is 4.31. The molecule has 3 N–H and O–H groups in total. The third-order valence-corrected chi connectivity index (χ3v) is 14.0. The summed E-state index contributed by atoms with van der Waals surface area (Å²) in [6, 6.07) is -0.648. The lowest BCUT2D eigenvalue weighted by molar-refractivity contribution is -0.123. The summed E-state index contributed by atoms with van der Waals surface area (Å²) in [6.07, 6.45) is 84.1. The Balaban J connectivity index is 3.53. The van der Waals surface area contributed by atoms with Crippen LogP contribution in [-0.4, -0.2) is 34.9 Å². The minimum Gasteiger partial charge on any atom is -0.394 e. The molecule has 0 aromatic carbocycles. The van der Waals surface area contributed by atoms with Crippen molar-refractivity contribution in [2.24, 2.45) is 0 Å². The van der Waals surface area contributed by atoms with Gasteiger partial charge >= 0.3 is 0 Å². The number of amides is 1. The molecule has 0 aliphatic rings. The van der Waals surface area contributed by atoms with E-state index >= 15 is 0 Å². The van der Waals surface area contributed by atoms with Crippen molar-refractivity contribution in [2.45, 2.75) is 334 Å². The highest BCUT2D eigenvalue weighted by molar-refractivity contribution is 5.76. The van der Waals surface area contributed by atoms with Crippen LogP contribution < -0.4 is 5.32 Å². The highest BCUT2D eigenvalue weighted by atomic mass is 16.3. The van der Waals surface area contributed by atoms with E-state index in [-0.39, 0.29) is 12.5 Å². The molecule has 0 spiro atoms. The topological polar surface area (TPSA) is 69.6 Å². The van der Waals surface area contributed by atoms with E-state index in [9.17, 15) is 15.0 Å². The molecule has 0 aromatic rings. The third kappa shape index (κ3) is 55.0. The van der Waals surface area contributed by atoms with Gasteiger partial charge < -0.3 is 15.5 Å². The van der Waals surface area contributed by atoms with Crippen molar-refractivity contribution in [3.63, 3.8) is 0 Å². The predicted octanol–water partition coefficient (Wildman–Crippen LogP) is 20.4. The van der Waals surface area contributed by atoms with Gasteiger partial charge in [-0.15, -0.1) is 0 Å². The van der Waals surface area contributed by atoms with Crippen LogP contribution in [0.25, 0.3) is 0 Å². The zero-order valence-electron chi connectivity index (χ0n) is 45.9. The molecule has 68 heavy (non-hydrogen) atoms. The van der Waals surface area contributed by atoms with Crippen LogP contribution in [0.3, 0.4) is 0 Å². The zero-order valence-corrected chi connectivity index (χ0v) is 45.9. The number of hydrogen-bond donors (Lipinski definition) is 3. The summed E-state index contributed by atoms with van der Waals surface area (Å²) in [5.41, 5.74) is 0. The second kappa shape index (κ2) is 59.4. The molecule has 4 heteroatoms. The Bertz CT molecular complexity index is 1120. The number of unbranched alkanes of at least 4 members (excludes halogenated alkanes) is 41. The summed E-state index contributed by atoms with van der Waals surface area (Å²) in [7, 11) is 0. The molecule has 398 valence electrons. The number of carbonyl (C=O) groups excluding carboxylic acids is 1. The van der Waals surface area contributed by atoms with E-state index in [0.717, 1.165) is 44.9 Å². The van der Waals surface area contributed by atoms with Crippen molar-refractivity contribution < 1.29 is 15.0 Å². The van der Waals surface area contributed by atoms with Gasteiger partial charge in [-0.05, 0) is 77.0 Å². The molecule has 0 fully saturated rings. The van der Waals surface area contributed by atoms with Gasteiger partial charge in [0, 0.05) is 6.42 Å². The first-order valence-corrected chi connectivity index (χ1v) is 30.5. The first-order valence-electron chi connectivity index (χ1n) is 30.5. The smallest absolute Gasteiger partial charge is 0.220 e. The lowest BCUT2D eigenvalue weighted by atomic mass is 10.0. The van der Waals surface area contributed by atoms with Gasteiger partial charge in [-0.3, -0.25) is 4.79 Å². The van der Waals surface area contributed by atoms with Gasteiger partial charge in [-0.2, -0.15) is 0 Å². The molecule has 0 rings (SSSR count). The third-order valence-electron chi connectivity index (χ3n) is 14.0. The van der Waals surface area contributed by atoms with E-state index in [0.29, 0.717) is 6.42 Å². The van der Waals surface area contributed by atoms with Crippen LogP contribution in [-0.2, 0) is 4.79 Å². The van der Waals surface area contributed by atoms with Crippen molar-refractivity contribution in [3.05, 3.63) is 60.8 Å². The van der Waals surface area contributed by atoms with E-state index in [1.165, 1.54) is 257 Å². The minimum atomic E-state index is -0.873. The van der Waals surface area contributed by atoms with Crippen LogP contribution in [0.5, 0.6) is 0 Å². The van der Waals surface area contributed by atoms with Crippen molar-refractivity contribution in [3.8, 4) is 0 Å². The second-order valence-corrected chi connectivity index (χ2v) is 20.7.